The number of alkyl halides is 3. The van der Waals surface area contributed by atoms with Crippen LogP contribution >= 0.6 is 0 Å². The lowest BCUT2D eigenvalue weighted by Crippen LogP contribution is -2.04. The second-order valence-electron chi connectivity index (χ2n) is 4.86. The molecule has 116 valence electrons. The van der Waals surface area contributed by atoms with Crippen LogP contribution in [-0.2, 0) is 6.18 Å². The van der Waals surface area contributed by atoms with Crippen LogP contribution in [0.15, 0.2) is 42.5 Å². The molecule has 0 atom stereocenters. The van der Waals surface area contributed by atoms with Gasteiger partial charge in [0.2, 0.25) is 6.79 Å². The Balaban J connectivity index is 1.98. The average molecular weight is 317 g/mol. The summed E-state index contributed by atoms with van der Waals surface area (Å²) in [5, 5.41) is 9.27. The fraction of sp³-hybridized carbons (Fsp3) is 0.118. The summed E-state index contributed by atoms with van der Waals surface area (Å²) < 4.78 is 48.8. The number of fused-ring (bicyclic) bond motifs is 1. The van der Waals surface area contributed by atoms with Crippen LogP contribution in [0, 0.1) is 11.3 Å². The summed E-state index contributed by atoms with van der Waals surface area (Å²) in [4.78, 5) is 0. The van der Waals surface area contributed by atoms with Crippen molar-refractivity contribution >= 4 is 11.6 Å². The second-order valence-corrected chi connectivity index (χ2v) is 4.86. The molecule has 0 bridgehead atoms. The van der Waals surface area contributed by atoms with Crippen molar-refractivity contribution in [3.05, 3.63) is 59.2 Å². The number of rotatable bonds is 2. The lowest BCUT2D eigenvalue weighted by molar-refractivity contribution is -0.137. The summed E-state index contributed by atoms with van der Waals surface area (Å²) in [6.45, 7) is 0.126. The van der Waals surface area contributed by atoms with Gasteiger partial charge in [0, 0.05) is 0 Å². The van der Waals surface area contributed by atoms with E-state index in [0.717, 1.165) is 12.1 Å². The predicted molar refractivity (Wildman–Crippen MR) is 77.5 cm³/mol. The van der Waals surface area contributed by atoms with Gasteiger partial charge in [-0.05, 0) is 41.5 Å². The third-order valence-electron chi connectivity index (χ3n) is 3.33. The highest BCUT2D eigenvalue weighted by Gasteiger charge is 2.30. The normalized spacial score (nSPS) is 13.7. The first-order valence-electron chi connectivity index (χ1n) is 6.66. The molecule has 0 aliphatic carbocycles. The number of ether oxygens (including phenoxy) is 2. The molecule has 0 amide bonds. The van der Waals surface area contributed by atoms with Gasteiger partial charge >= 0.3 is 6.18 Å². The van der Waals surface area contributed by atoms with E-state index in [9.17, 15) is 18.4 Å². The van der Waals surface area contributed by atoms with Crippen molar-refractivity contribution in [1.82, 2.24) is 0 Å². The number of nitrogens with zero attached hydrogens (tertiary/aromatic N) is 1. The molecule has 3 nitrogen and oxygen atoms in total. The van der Waals surface area contributed by atoms with E-state index in [0.29, 0.717) is 17.1 Å². The lowest BCUT2D eigenvalue weighted by Gasteiger charge is -2.08. The van der Waals surface area contributed by atoms with E-state index < -0.39 is 11.7 Å². The van der Waals surface area contributed by atoms with Crippen molar-refractivity contribution in [3.8, 4) is 17.6 Å². The molecule has 0 N–H and O–H groups in total. The van der Waals surface area contributed by atoms with Gasteiger partial charge in [-0.1, -0.05) is 18.2 Å². The average Bonchev–Trinajstić information content (AvgIpc) is 2.99. The predicted octanol–water partition coefficient (Wildman–Crippen LogP) is 4.50. The molecule has 3 rings (SSSR count). The fourth-order valence-corrected chi connectivity index (χ4v) is 2.21. The third-order valence-corrected chi connectivity index (χ3v) is 3.33. The Labute approximate surface area is 130 Å². The second kappa shape index (κ2) is 5.69. The van der Waals surface area contributed by atoms with E-state index in [-0.39, 0.29) is 17.9 Å². The van der Waals surface area contributed by atoms with Gasteiger partial charge in [0.1, 0.15) is 0 Å². The molecule has 2 aromatic carbocycles. The lowest BCUT2D eigenvalue weighted by atomic mass is 10.0. The van der Waals surface area contributed by atoms with E-state index in [1.54, 1.807) is 18.2 Å². The number of nitriles is 1. The van der Waals surface area contributed by atoms with Crippen LogP contribution in [0.4, 0.5) is 13.2 Å². The van der Waals surface area contributed by atoms with E-state index in [1.807, 2.05) is 6.07 Å². The standard InChI is InChI=1S/C17H10F3NO2/c18-17(19,20)14-3-1-2-12(8-14)13(9-21)6-11-4-5-15-16(7-11)23-10-22-15/h1-8H,10H2. The van der Waals surface area contributed by atoms with Crippen LogP contribution in [0.1, 0.15) is 16.7 Å². The van der Waals surface area contributed by atoms with Gasteiger partial charge in [-0.15, -0.1) is 0 Å². The van der Waals surface area contributed by atoms with E-state index in [2.05, 4.69) is 0 Å². The van der Waals surface area contributed by atoms with Gasteiger partial charge in [0.15, 0.2) is 11.5 Å². The van der Waals surface area contributed by atoms with Crippen molar-refractivity contribution in [2.24, 2.45) is 0 Å². The molecule has 0 saturated carbocycles. The highest BCUT2D eigenvalue weighted by Crippen LogP contribution is 2.34. The third kappa shape index (κ3) is 3.14. The fourth-order valence-electron chi connectivity index (χ4n) is 2.21. The number of allylic oxidation sites excluding steroid dienone is 1. The molecule has 1 heterocycles. The Morgan fingerprint density at radius 3 is 2.61 bits per heavy atom. The summed E-state index contributed by atoms with van der Waals surface area (Å²) in [5.74, 6) is 1.14. The SMILES string of the molecule is N#CC(=Cc1ccc2c(c1)OCO2)c1cccc(C(F)(F)F)c1. The molecule has 0 unspecified atom stereocenters. The molecular weight excluding hydrogens is 307 g/mol. The summed E-state index contributed by atoms with van der Waals surface area (Å²) in [6, 6.07) is 11.7. The maximum Gasteiger partial charge on any atom is 0.416 e. The Morgan fingerprint density at radius 2 is 1.87 bits per heavy atom. The summed E-state index contributed by atoms with van der Waals surface area (Å²) >= 11 is 0. The topological polar surface area (TPSA) is 42.2 Å². The van der Waals surface area contributed by atoms with Crippen LogP contribution in [-0.4, -0.2) is 6.79 Å². The summed E-state index contributed by atoms with van der Waals surface area (Å²) in [6.07, 6.45) is -2.94. The van der Waals surface area contributed by atoms with Crippen molar-refractivity contribution in [1.29, 1.82) is 5.26 Å². The quantitative estimate of drug-likeness (QED) is 0.605. The largest absolute Gasteiger partial charge is 0.454 e. The molecule has 0 aromatic heterocycles. The van der Waals surface area contributed by atoms with Gasteiger partial charge in [-0.3, -0.25) is 0 Å². The number of hydrogen-bond donors (Lipinski definition) is 0. The van der Waals surface area contributed by atoms with Crippen LogP contribution < -0.4 is 9.47 Å². The highest BCUT2D eigenvalue weighted by atomic mass is 19.4. The smallest absolute Gasteiger partial charge is 0.416 e. The molecule has 1 aliphatic rings. The molecule has 1 aliphatic heterocycles. The first-order valence-corrected chi connectivity index (χ1v) is 6.66. The molecule has 0 spiro atoms. The van der Waals surface area contributed by atoms with Crippen LogP contribution in [0.3, 0.4) is 0 Å². The van der Waals surface area contributed by atoms with E-state index in [1.165, 1.54) is 18.2 Å². The molecule has 23 heavy (non-hydrogen) atoms. The zero-order chi connectivity index (χ0) is 16.4. The van der Waals surface area contributed by atoms with Gasteiger partial charge in [0.25, 0.3) is 0 Å². The summed E-state index contributed by atoms with van der Waals surface area (Å²) in [7, 11) is 0. The van der Waals surface area contributed by atoms with Gasteiger partial charge < -0.3 is 9.47 Å². The van der Waals surface area contributed by atoms with Crippen LogP contribution in [0.25, 0.3) is 11.6 Å². The van der Waals surface area contributed by atoms with Crippen molar-refractivity contribution in [2.75, 3.05) is 6.79 Å². The summed E-state index contributed by atoms with van der Waals surface area (Å²) in [5.41, 5.74) is 0.194. The minimum absolute atomic E-state index is 0.126. The Morgan fingerprint density at radius 1 is 1.09 bits per heavy atom. The maximum absolute atomic E-state index is 12.8. The van der Waals surface area contributed by atoms with Crippen LogP contribution in [0.5, 0.6) is 11.5 Å². The minimum atomic E-state index is -4.45. The molecule has 0 radical (unpaired) electrons. The zero-order valence-corrected chi connectivity index (χ0v) is 11.7. The number of hydrogen-bond acceptors (Lipinski definition) is 3. The van der Waals surface area contributed by atoms with Crippen molar-refractivity contribution in [3.63, 3.8) is 0 Å². The highest BCUT2D eigenvalue weighted by molar-refractivity contribution is 5.90. The Hall–Kier alpha value is -2.94. The molecule has 2 aromatic rings. The van der Waals surface area contributed by atoms with Crippen molar-refractivity contribution in [2.45, 2.75) is 6.18 Å². The molecule has 6 heteroatoms. The van der Waals surface area contributed by atoms with Gasteiger partial charge in [0.05, 0.1) is 17.2 Å². The van der Waals surface area contributed by atoms with Crippen molar-refractivity contribution < 1.29 is 22.6 Å². The molecular formula is C17H10F3NO2. The minimum Gasteiger partial charge on any atom is -0.454 e. The van der Waals surface area contributed by atoms with Crippen LogP contribution in [0.2, 0.25) is 0 Å². The Bertz CT molecular complexity index is 819. The zero-order valence-electron chi connectivity index (χ0n) is 11.7. The maximum atomic E-state index is 12.8. The monoisotopic (exact) mass is 317 g/mol. The van der Waals surface area contributed by atoms with Gasteiger partial charge in [-0.2, -0.15) is 18.4 Å². The van der Waals surface area contributed by atoms with E-state index in [4.69, 9.17) is 9.47 Å². The van der Waals surface area contributed by atoms with Gasteiger partial charge in [-0.25, -0.2) is 0 Å². The Kier molecular flexibility index (Phi) is 3.70. The molecule has 0 fully saturated rings. The number of halogens is 3. The first kappa shape index (κ1) is 15.0. The van der Waals surface area contributed by atoms with E-state index >= 15 is 0 Å². The number of benzene rings is 2. The first-order chi connectivity index (χ1) is 11.0. The molecule has 0 saturated heterocycles.